The SMILES string of the molecule is c1ccc(-c2cccc(-n3c4cc5c6ccccc6[nH]c5c5ccc6cc7c8ccccc8sc7c3c6c54)c2)cc1. The summed E-state index contributed by atoms with van der Waals surface area (Å²) >= 11 is 1.91. The average molecular weight is 539 g/mol. The van der Waals surface area contributed by atoms with Crippen molar-refractivity contribution < 1.29 is 0 Å². The topological polar surface area (TPSA) is 20.7 Å². The highest BCUT2D eigenvalue weighted by Gasteiger charge is 2.23. The van der Waals surface area contributed by atoms with E-state index < -0.39 is 0 Å². The predicted molar refractivity (Wildman–Crippen MR) is 177 cm³/mol. The third-order valence-corrected chi connectivity index (χ3v) is 10.0. The number of aromatic nitrogens is 2. The van der Waals surface area contributed by atoms with E-state index in [4.69, 9.17) is 0 Å². The normalized spacial score (nSPS) is 12.4. The summed E-state index contributed by atoms with van der Waals surface area (Å²) in [5, 5.41) is 10.5. The minimum Gasteiger partial charge on any atom is -0.354 e. The van der Waals surface area contributed by atoms with Crippen LogP contribution in [0.1, 0.15) is 0 Å². The van der Waals surface area contributed by atoms with Crippen LogP contribution in [0.3, 0.4) is 0 Å². The molecule has 10 rings (SSSR count). The molecule has 0 bridgehead atoms. The monoisotopic (exact) mass is 538 g/mol. The fraction of sp³-hybridized carbons (Fsp3) is 0. The molecular weight excluding hydrogens is 516 g/mol. The highest BCUT2D eigenvalue weighted by atomic mass is 32.1. The van der Waals surface area contributed by atoms with Crippen molar-refractivity contribution in [3.8, 4) is 16.8 Å². The first kappa shape index (κ1) is 21.7. The minimum atomic E-state index is 1.18. The van der Waals surface area contributed by atoms with E-state index in [2.05, 4.69) is 137 Å². The molecule has 3 heteroatoms. The lowest BCUT2D eigenvalue weighted by molar-refractivity contribution is 1.19. The molecule has 0 spiro atoms. The first-order valence-electron chi connectivity index (χ1n) is 14.0. The number of hydrogen-bond acceptors (Lipinski definition) is 1. The molecule has 3 aromatic heterocycles. The number of rotatable bonds is 2. The maximum absolute atomic E-state index is 3.76. The van der Waals surface area contributed by atoms with Crippen LogP contribution in [0, 0.1) is 0 Å². The maximum Gasteiger partial charge on any atom is 0.0726 e. The van der Waals surface area contributed by atoms with Crippen molar-refractivity contribution >= 4 is 85.9 Å². The summed E-state index contributed by atoms with van der Waals surface area (Å²) in [6.45, 7) is 0. The van der Waals surface area contributed by atoms with Crippen molar-refractivity contribution in [3.05, 3.63) is 127 Å². The van der Waals surface area contributed by atoms with Gasteiger partial charge in [0, 0.05) is 53.6 Å². The van der Waals surface area contributed by atoms with E-state index in [1.165, 1.54) is 91.4 Å². The number of aromatic amines is 1. The van der Waals surface area contributed by atoms with Crippen LogP contribution in [-0.4, -0.2) is 9.55 Å². The molecule has 0 saturated heterocycles. The van der Waals surface area contributed by atoms with Crippen molar-refractivity contribution in [1.29, 1.82) is 0 Å². The molecule has 0 fully saturated rings. The minimum absolute atomic E-state index is 1.18. The van der Waals surface area contributed by atoms with E-state index in [9.17, 15) is 0 Å². The van der Waals surface area contributed by atoms with E-state index in [1.807, 2.05) is 11.3 Å². The molecule has 41 heavy (non-hydrogen) atoms. The maximum atomic E-state index is 3.76. The summed E-state index contributed by atoms with van der Waals surface area (Å²) in [5.41, 5.74) is 8.61. The van der Waals surface area contributed by atoms with Crippen molar-refractivity contribution in [2.45, 2.75) is 0 Å². The molecule has 2 nitrogen and oxygen atoms in total. The Balaban J connectivity index is 1.46. The van der Waals surface area contributed by atoms with Gasteiger partial charge in [0.2, 0.25) is 0 Å². The van der Waals surface area contributed by atoms with Gasteiger partial charge >= 0.3 is 0 Å². The molecule has 0 saturated carbocycles. The molecule has 0 unspecified atom stereocenters. The number of para-hydroxylation sites is 1. The molecule has 0 atom stereocenters. The summed E-state index contributed by atoms with van der Waals surface area (Å²) in [6.07, 6.45) is 0. The summed E-state index contributed by atoms with van der Waals surface area (Å²) in [5.74, 6) is 0. The highest BCUT2D eigenvalue weighted by Crippen LogP contribution is 2.48. The highest BCUT2D eigenvalue weighted by molar-refractivity contribution is 7.26. The summed E-state index contributed by atoms with van der Waals surface area (Å²) in [7, 11) is 0. The zero-order valence-electron chi connectivity index (χ0n) is 22.0. The number of nitrogens with one attached hydrogen (secondary N) is 1. The van der Waals surface area contributed by atoms with Crippen molar-refractivity contribution in [3.63, 3.8) is 0 Å². The molecule has 0 aliphatic rings. The number of H-pyrrole nitrogens is 1. The van der Waals surface area contributed by atoms with E-state index in [0.29, 0.717) is 0 Å². The molecule has 10 aromatic rings. The fourth-order valence-corrected chi connectivity index (χ4v) is 8.31. The van der Waals surface area contributed by atoms with Crippen LogP contribution in [-0.2, 0) is 0 Å². The standard InChI is InChI=1S/C38H22N2S/c1-2-9-22(10-3-1)23-11-8-12-25(19-23)40-32-21-29-26-13-4-6-15-31(26)39-36(29)28-18-17-24-20-30-27-14-5-7-16-33(27)41-38(30)37(40)34(24)35(28)32/h1-21,39H. The Labute approximate surface area is 239 Å². The van der Waals surface area contributed by atoms with Gasteiger partial charge in [-0.15, -0.1) is 11.3 Å². The first-order chi connectivity index (χ1) is 20.3. The molecule has 0 aliphatic heterocycles. The Morgan fingerprint density at radius 3 is 2.27 bits per heavy atom. The molecule has 0 radical (unpaired) electrons. The van der Waals surface area contributed by atoms with E-state index in [1.54, 1.807) is 0 Å². The van der Waals surface area contributed by atoms with Gasteiger partial charge in [0.1, 0.15) is 0 Å². The molecular formula is C38H22N2S. The van der Waals surface area contributed by atoms with Crippen molar-refractivity contribution in [2.24, 2.45) is 0 Å². The fourth-order valence-electron chi connectivity index (χ4n) is 7.09. The van der Waals surface area contributed by atoms with Crippen LogP contribution in [0.15, 0.2) is 127 Å². The second-order valence-electron chi connectivity index (χ2n) is 11.0. The number of nitrogens with zero attached hydrogens (tertiary/aromatic N) is 1. The quantitative estimate of drug-likeness (QED) is 0.211. The van der Waals surface area contributed by atoms with Gasteiger partial charge in [0.25, 0.3) is 0 Å². The second-order valence-corrected chi connectivity index (χ2v) is 12.1. The first-order valence-corrected chi connectivity index (χ1v) is 14.8. The third kappa shape index (κ3) is 2.81. The Kier molecular flexibility index (Phi) is 4.10. The van der Waals surface area contributed by atoms with Crippen LogP contribution in [0.25, 0.3) is 91.4 Å². The second kappa shape index (κ2) is 7.75. The molecule has 7 aromatic carbocycles. The Hall–Kier alpha value is -5.12. The van der Waals surface area contributed by atoms with Crippen LogP contribution >= 0.6 is 11.3 Å². The molecule has 0 amide bonds. The van der Waals surface area contributed by atoms with Crippen LogP contribution in [0.4, 0.5) is 0 Å². The molecule has 190 valence electrons. The van der Waals surface area contributed by atoms with Gasteiger partial charge in [-0.2, -0.15) is 0 Å². The van der Waals surface area contributed by atoms with Gasteiger partial charge in [0.05, 0.1) is 21.3 Å². The van der Waals surface area contributed by atoms with Gasteiger partial charge in [-0.25, -0.2) is 0 Å². The summed E-state index contributed by atoms with van der Waals surface area (Å²) < 4.78 is 5.22. The largest absolute Gasteiger partial charge is 0.354 e. The van der Waals surface area contributed by atoms with Crippen molar-refractivity contribution in [1.82, 2.24) is 9.55 Å². The van der Waals surface area contributed by atoms with Crippen LogP contribution in [0.5, 0.6) is 0 Å². The van der Waals surface area contributed by atoms with Gasteiger partial charge in [-0.05, 0) is 52.9 Å². The summed E-state index contributed by atoms with van der Waals surface area (Å²) in [4.78, 5) is 3.76. The van der Waals surface area contributed by atoms with Gasteiger partial charge in [0.15, 0.2) is 0 Å². The van der Waals surface area contributed by atoms with E-state index in [0.717, 1.165) is 0 Å². The summed E-state index contributed by atoms with van der Waals surface area (Å²) in [6, 6.07) is 46.7. The molecule has 3 heterocycles. The van der Waals surface area contributed by atoms with Gasteiger partial charge < -0.3 is 9.55 Å². The van der Waals surface area contributed by atoms with Gasteiger partial charge in [-0.3, -0.25) is 0 Å². The lowest BCUT2D eigenvalue weighted by Gasteiger charge is -2.11. The molecule has 0 aliphatic carbocycles. The zero-order valence-corrected chi connectivity index (χ0v) is 22.8. The average Bonchev–Trinajstić information content (AvgIpc) is 3.70. The third-order valence-electron chi connectivity index (χ3n) is 8.85. The number of benzene rings is 7. The lowest BCUT2D eigenvalue weighted by atomic mass is 9.98. The Bertz CT molecular complexity index is 2630. The van der Waals surface area contributed by atoms with Crippen LogP contribution < -0.4 is 0 Å². The molecule has 1 N–H and O–H groups in total. The number of hydrogen-bond donors (Lipinski definition) is 1. The van der Waals surface area contributed by atoms with Crippen LogP contribution in [0.2, 0.25) is 0 Å². The lowest BCUT2D eigenvalue weighted by Crippen LogP contribution is -1.94. The van der Waals surface area contributed by atoms with Crippen molar-refractivity contribution in [2.75, 3.05) is 0 Å². The number of thiophene rings is 1. The number of fused-ring (bicyclic) bond motifs is 8. The van der Waals surface area contributed by atoms with E-state index >= 15 is 0 Å². The Morgan fingerprint density at radius 1 is 0.537 bits per heavy atom. The zero-order chi connectivity index (χ0) is 26.7. The Morgan fingerprint density at radius 2 is 1.34 bits per heavy atom. The predicted octanol–water partition coefficient (Wildman–Crippen LogP) is 11.0. The van der Waals surface area contributed by atoms with Gasteiger partial charge in [-0.1, -0.05) is 91.0 Å². The smallest absolute Gasteiger partial charge is 0.0726 e. The van der Waals surface area contributed by atoms with E-state index in [-0.39, 0.29) is 0 Å².